The Morgan fingerprint density at radius 3 is 2.89 bits per heavy atom. The molecule has 0 unspecified atom stereocenters. The van der Waals surface area contributed by atoms with E-state index in [4.69, 9.17) is 0 Å². The van der Waals surface area contributed by atoms with Gasteiger partial charge in [0.05, 0.1) is 5.56 Å². The third kappa shape index (κ3) is 2.55. The average Bonchev–Trinajstić information content (AvgIpc) is 2.35. The van der Waals surface area contributed by atoms with Crippen molar-refractivity contribution in [2.75, 3.05) is 6.54 Å². The second-order valence-corrected chi connectivity index (χ2v) is 4.36. The van der Waals surface area contributed by atoms with Gasteiger partial charge in [0, 0.05) is 18.9 Å². The maximum atomic E-state index is 13.4. The van der Waals surface area contributed by atoms with Gasteiger partial charge < -0.3 is 5.32 Å². The standard InChI is InChI=1S/C13H13F2NO2/c14-10-5-1-4-9(12(10)15)11(17)7-8-3-2-6-16-13(8)18/h1,4-5,8H,2-3,6-7H2,(H,16,18)/t8-/m1/s1. The molecule has 1 aliphatic rings. The minimum absolute atomic E-state index is 0.0772. The van der Waals surface area contributed by atoms with Crippen molar-refractivity contribution in [1.82, 2.24) is 5.32 Å². The molecule has 1 saturated heterocycles. The Hall–Kier alpha value is -1.78. The van der Waals surface area contributed by atoms with Crippen molar-refractivity contribution in [3.63, 3.8) is 0 Å². The third-order valence-electron chi connectivity index (χ3n) is 3.08. The van der Waals surface area contributed by atoms with Crippen LogP contribution in [0, 0.1) is 17.6 Å². The molecule has 1 heterocycles. The van der Waals surface area contributed by atoms with Crippen LogP contribution in [0.5, 0.6) is 0 Å². The highest BCUT2D eigenvalue weighted by Gasteiger charge is 2.26. The second-order valence-electron chi connectivity index (χ2n) is 4.36. The molecule has 0 spiro atoms. The van der Waals surface area contributed by atoms with Crippen molar-refractivity contribution in [3.05, 3.63) is 35.4 Å². The van der Waals surface area contributed by atoms with Gasteiger partial charge in [-0.1, -0.05) is 6.07 Å². The van der Waals surface area contributed by atoms with E-state index in [1.807, 2.05) is 0 Å². The van der Waals surface area contributed by atoms with E-state index in [9.17, 15) is 18.4 Å². The fourth-order valence-corrected chi connectivity index (χ4v) is 2.08. The van der Waals surface area contributed by atoms with Crippen LogP contribution < -0.4 is 5.32 Å². The van der Waals surface area contributed by atoms with Crippen LogP contribution in [0.1, 0.15) is 29.6 Å². The molecule has 5 heteroatoms. The molecule has 1 N–H and O–H groups in total. The maximum Gasteiger partial charge on any atom is 0.223 e. The van der Waals surface area contributed by atoms with Gasteiger partial charge in [-0.3, -0.25) is 9.59 Å². The molecule has 18 heavy (non-hydrogen) atoms. The summed E-state index contributed by atoms with van der Waals surface area (Å²) in [5.41, 5.74) is -0.284. The van der Waals surface area contributed by atoms with Gasteiger partial charge in [-0.2, -0.15) is 0 Å². The highest BCUT2D eigenvalue weighted by Crippen LogP contribution is 2.20. The van der Waals surface area contributed by atoms with Crippen LogP contribution in [0.4, 0.5) is 8.78 Å². The summed E-state index contributed by atoms with van der Waals surface area (Å²) >= 11 is 0. The number of carbonyl (C=O) groups excluding carboxylic acids is 2. The third-order valence-corrected chi connectivity index (χ3v) is 3.08. The van der Waals surface area contributed by atoms with Crippen molar-refractivity contribution >= 4 is 11.7 Å². The molecule has 96 valence electrons. The van der Waals surface area contributed by atoms with Crippen molar-refractivity contribution in [1.29, 1.82) is 0 Å². The first-order chi connectivity index (χ1) is 8.59. The molecule has 1 fully saturated rings. The van der Waals surface area contributed by atoms with E-state index in [0.717, 1.165) is 12.5 Å². The van der Waals surface area contributed by atoms with Crippen LogP contribution >= 0.6 is 0 Å². The largest absolute Gasteiger partial charge is 0.356 e. The summed E-state index contributed by atoms with van der Waals surface area (Å²) < 4.78 is 26.4. The molecule has 1 amide bonds. The highest BCUT2D eigenvalue weighted by molar-refractivity contribution is 5.98. The van der Waals surface area contributed by atoms with Crippen LogP contribution in [0.2, 0.25) is 0 Å². The summed E-state index contributed by atoms with van der Waals surface area (Å²) in [6, 6.07) is 3.48. The first-order valence-corrected chi connectivity index (χ1v) is 5.84. The molecular weight excluding hydrogens is 240 g/mol. The Labute approximate surface area is 103 Å². The smallest absolute Gasteiger partial charge is 0.223 e. The van der Waals surface area contributed by atoms with Crippen molar-refractivity contribution < 1.29 is 18.4 Å². The quantitative estimate of drug-likeness (QED) is 0.838. The minimum atomic E-state index is -1.14. The Morgan fingerprint density at radius 1 is 1.39 bits per heavy atom. The molecule has 0 bridgehead atoms. The first-order valence-electron chi connectivity index (χ1n) is 5.84. The molecule has 2 rings (SSSR count). The Kier molecular flexibility index (Phi) is 3.69. The van der Waals surface area contributed by atoms with E-state index in [0.29, 0.717) is 13.0 Å². The SMILES string of the molecule is O=C(C[C@H]1CCCNC1=O)c1cccc(F)c1F. The summed E-state index contributed by atoms with van der Waals surface area (Å²) in [6.45, 7) is 0.609. The van der Waals surface area contributed by atoms with E-state index in [2.05, 4.69) is 5.32 Å². The van der Waals surface area contributed by atoms with Crippen LogP contribution in [0.3, 0.4) is 0 Å². The van der Waals surface area contributed by atoms with Crippen molar-refractivity contribution in [3.8, 4) is 0 Å². The summed E-state index contributed by atoms with van der Waals surface area (Å²) in [6.07, 6.45) is 1.33. The van der Waals surface area contributed by atoms with Crippen LogP contribution in [-0.4, -0.2) is 18.2 Å². The monoisotopic (exact) mass is 253 g/mol. The van der Waals surface area contributed by atoms with Gasteiger partial charge >= 0.3 is 0 Å². The Bertz CT molecular complexity index is 488. The fraction of sp³-hybridized carbons (Fsp3) is 0.385. The van der Waals surface area contributed by atoms with Gasteiger partial charge in [-0.05, 0) is 25.0 Å². The Morgan fingerprint density at radius 2 is 2.17 bits per heavy atom. The lowest BCUT2D eigenvalue weighted by Gasteiger charge is -2.21. The highest BCUT2D eigenvalue weighted by atomic mass is 19.2. The Balaban J connectivity index is 2.12. The van der Waals surface area contributed by atoms with E-state index < -0.39 is 23.3 Å². The zero-order valence-electron chi connectivity index (χ0n) is 9.71. The number of Topliss-reactive ketones (excluding diaryl/α,β-unsaturated/α-hetero) is 1. The van der Waals surface area contributed by atoms with Gasteiger partial charge in [0.25, 0.3) is 0 Å². The number of halogens is 2. The molecule has 0 radical (unpaired) electrons. The number of piperidine rings is 1. The number of ketones is 1. The van der Waals surface area contributed by atoms with E-state index in [1.165, 1.54) is 12.1 Å². The molecule has 3 nitrogen and oxygen atoms in total. The topological polar surface area (TPSA) is 46.2 Å². The summed E-state index contributed by atoms with van der Waals surface area (Å²) in [5, 5.41) is 2.66. The van der Waals surface area contributed by atoms with Gasteiger partial charge in [0.2, 0.25) is 5.91 Å². The molecule has 1 aromatic rings. The molecule has 0 aromatic heterocycles. The second kappa shape index (κ2) is 5.25. The van der Waals surface area contributed by atoms with E-state index >= 15 is 0 Å². The lowest BCUT2D eigenvalue weighted by Crippen LogP contribution is -2.37. The van der Waals surface area contributed by atoms with Crippen molar-refractivity contribution in [2.24, 2.45) is 5.92 Å². The predicted molar refractivity (Wildman–Crippen MR) is 61.0 cm³/mol. The van der Waals surface area contributed by atoms with Gasteiger partial charge in [-0.25, -0.2) is 8.78 Å². The number of nitrogens with one attached hydrogen (secondary N) is 1. The molecule has 1 atom stereocenters. The lowest BCUT2D eigenvalue weighted by atomic mass is 9.91. The van der Waals surface area contributed by atoms with Crippen LogP contribution in [-0.2, 0) is 4.79 Å². The maximum absolute atomic E-state index is 13.4. The van der Waals surface area contributed by atoms with E-state index in [-0.39, 0.29) is 17.9 Å². The fourth-order valence-electron chi connectivity index (χ4n) is 2.08. The number of rotatable bonds is 3. The zero-order valence-corrected chi connectivity index (χ0v) is 9.71. The van der Waals surface area contributed by atoms with Gasteiger partial charge in [0.15, 0.2) is 17.4 Å². The summed E-state index contributed by atoms with van der Waals surface area (Å²) in [4.78, 5) is 23.3. The van der Waals surface area contributed by atoms with Gasteiger partial charge in [-0.15, -0.1) is 0 Å². The predicted octanol–water partition coefficient (Wildman–Crippen LogP) is 2.06. The summed E-state index contributed by atoms with van der Waals surface area (Å²) in [7, 11) is 0. The molecular formula is C13H13F2NO2. The van der Waals surface area contributed by atoms with Crippen LogP contribution in [0.25, 0.3) is 0 Å². The molecule has 0 aliphatic carbocycles. The van der Waals surface area contributed by atoms with Gasteiger partial charge in [0.1, 0.15) is 0 Å². The first kappa shape index (κ1) is 12.7. The van der Waals surface area contributed by atoms with Crippen molar-refractivity contribution in [2.45, 2.75) is 19.3 Å². The summed E-state index contributed by atoms with van der Waals surface area (Å²) in [5.74, 6) is -3.35. The lowest BCUT2D eigenvalue weighted by molar-refractivity contribution is -0.126. The average molecular weight is 253 g/mol. The van der Waals surface area contributed by atoms with Crippen LogP contribution in [0.15, 0.2) is 18.2 Å². The molecule has 1 aromatic carbocycles. The molecule has 1 aliphatic heterocycles. The normalized spacial score (nSPS) is 19.4. The number of hydrogen-bond donors (Lipinski definition) is 1. The minimum Gasteiger partial charge on any atom is -0.356 e. The number of amides is 1. The molecule has 0 saturated carbocycles. The number of benzene rings is 1. The van der Waals surface area contributed by atoms with E-state index in [1.54, 1.807) is 0 Å². The number of hydrogen-bond acceptors (Lipinski definition) is 2. The number of carbonyl (C=O) groups is 2. The zero-order chi connectivity index (χ0) is 13.1.